The molecule has 1 aromatic heterocycles. The monoisotopic (exact) mass is 405 g/mol. The Morgan fingerprint density at radius 3 is 2.70 bits per heavy atom. The van der Waals surface area contributed by atoms with Crippen LogP contribution in [0.3, 0.4) is 0 Å². The third kappa shape index (κ3) is 5.54. The molecule has 27 heavy (non-hydrogen) atoms. The number of piperidine rings is 1. The van der Waals surface area contributed by atoms with Crippen molar-refractivity contribution in [2.45, 2.75) is 38.8 Å². The van der Waals surface area contributed by atoms with E-state index in [1.807, 2.05) is 0 Å². The molecule has 3 rings (SSSR count). The number of amides is 2. The number of hydrogen-bond acceptors (Lipinski definition) is 4. The van der Waals surface area contributed by atoms with Crippen LogP contribution in [0.5, 0.6) is 0 Å². The standard InChI is InChI=1S/C20H24ClN3O2S/c1-2-19(25)23-18-12-14(21)5-6-17(18)20(26)22-15-7-9-24(10-8-15)13-16-4-3-11-27-16/h3-6,11-12,15H,2,7-10,13H2,1H3,(H,22,26)(H,23,25). The molecule has 7 heteroatoms. The SMILES string of the molecule is CCC(=O)Nc1cc(Cl)ccc1C(=O)NC1CCN(Cc2cccs2)CC1. The molecule has 1 fully saturated rings. The van der Waals surface area contributed by atoms with Gasteiger partial charge in [0, 0.05) is 42.0 Å². The molecule has 0 aliphatic carbocycles. The molecular formula is C20H24ClN3O2S. The van der Waals surface area contributed by atoms with Crippen LogP contribution in [-0.4, -0.2) is 35.8 Å². The van der Waals surface area contributed by atoms with Crippen LogP contribution >= 0.6 is 22.9 Å². The predicted molar refractivity (Wildman–Crippen MR) is 110 cm³/mol. The molecule has 2 N–H and O–H groups in total. The van der Waals surface area contributed by atoms with Gasteiger partial charge in [0.05, 0.1) is 11.3 Å². The van der Waals surface area contributed by atoms with Gasteiger partial charge in [-0.1, -0.05) is 24.6 Å². The smallest absolute Gasteiger partial charge is 0.253 e. The summed E-state index contributed by atoms with van der Waals surface area (Å²) in [5.74, 6) is -0.317. The average Bonchev–Trinajstić information content (AvgIpc) is 3.16. The fourth-order valence-corrected chi connectivity index (χ4v) is 4.10. The highest BCUT2D eigenvalue weighted by atomic mass is 35.5. The van der Waals surface area contributed by atoms with Crippen LogP contribution in [0.1, 0.15) is 41.4 Å². The molecular weight excluding hydrogens is 382 g/mol. The lowest BCUT2D eigenvalue weighted by Gasteiger charge is -2.32. The van der Waals surface area contributed by atoms with Crippen molar-refractivity contribution in [3.05, 3.63) is 51.2 Å². The van der Waals surface area contributed by atoms with Gasteiger partial charge in [-0.25, -0.2) is 0 Å². The molecule has 5 nitrogen and oxygen atoms in total. The fraction of sp³-hybridized carbons (Fsp3) is 0.400. The molecule has 2 aromatic rings. The average molecular weight is 406 g/mol. The van der Waals surface area contributed by atoms with E-state index >= 15 is 0 Å². The van der Waals surface area contributed by atoms with E-state index in [0.717, 1.165) is 32.5 Å². The number of carbonyl (C=O) groups is 2. The maximum Gasteiger partial charge on any atom is 0.253 e. The lowest BCUT2D eigenvalue weighted by molar-refractivity contribution is -0.115. The lowest BCUT2D eigenvalue weighted by Crippen LogP contribution is -2.44. The van der Waals surface area contributed by atoms with Crippen LogP contribution in [0, 0.1) is 0 Å². The van der Waals surface area contributed by atoms with Gasteiger partial charge in [-0.3, -0.25) is 14.5 Å². The highest BCUT2D eigenvalue weighted by molar-refractivity contribution is 7.09. The normalized spacial score (nSPS) is 15.5. The van der Waals surface area contributed by atoms with Crippen LogP contribution in [0.4, 0.5) is 5.69 Å². The highest BCUT2D eigenvalue weighted by Gasteiger charge is 2.22. The predicted octanol–water partition coefficient (Wildman–Crippen LogP) is 4.14. The van der Waals surface area contributed by atoms with Crippen molar-refractivity contribution in [3.8, 4) is 0 Å². The Labute approximate surface area is 168 Å². The molecule has 2 amide bonds. The maximum absolute atomic E-state index is 12.7. The quantitative estimate of drug-likeness (QED) is 0.759. The first-order valence-electron chi connectivity index (χ1n) is 9.20. The van der Waals surface area contributed by atoms with E-state index in [4.69, 9.17) is 11.6 Å². The van der Waals surface area contributed by atoms with Gasteiger partial charge >= 0.3 is 0 Å². The number of thiophene rings is 1. The first kappa shape index (κ1) is 19.9. The number of likely N-dealkylation sites (tertiary alicyclic amines) is 1. The minimum atomic E-state index is -0.172. The summed E-state index contributed by atoms with van der Waals surface area (Å²) in [5, 5.41) is 8.45. The topological polar surface area (TPSA) is 61.4 Å². The summed E-state index contributed by atoms with van der Waals surface area (Å²) in [6, 6.07) is 9.33. The molecule has 0 bridgehead atoms. The van der Waals surface area contributed by atoms with Crippen LogP contribution in [0.15, 0.2) is 35.7 Å². The third-order valence-electron chi connectivity index (χ3n) is 4.70. The number of benzene rings is 1. The first-order chi connectivity index (χ1) is 13.0. The van der Waals surface area contributed by atoms with Gasteiger partial charge in [-0.2, -0.15) is 0 Å². The first-order valence-corrected chi connectivity index (χ1v) is 10.5. The Kier molecular flexibility index (Phi) is 6.88. The van der Waals surface area contributed by atoms with Gasteiger partial charge in [0.25, 0.3) is 5.91 Å². The molecule has 2 heterocycles. The summed E-state index contributed by atoms with van der Waals surface area (Å²) in [6.07, 6.45) is 2.18. The molecule has 0 saturated carbocycles. The van der Waals surface area contributed by atoms with Crippen molar-refractivity contribution in [1.82, 2.24) is 10.2 Å². The summed E-state index contributed by atoms with van der Waals surface area (Å²) in [4.78, 5) is 28.3. The van der Waals surface area contributed by atoms with Gasteiger partial charge in [0.1, 0.15) is 0 Å². The molecule has 144 valence electrons. The number of nitrogens with zero attached hydrogens (tertiary/aromatic N) is 1. The Morgan fingerprint density at radius 2 is 2.04 bits per heavy atom. The molecule has 0 atom stereocenters. The van der Waals surface area contributed by atoms with E-state index in [-0.39, 0.29) is 17.9 Å². The zero-order valence-electron chi connectivity index (χ0n) is 15.3. The number of nitrogens with one attached hydrogen (secondary N) is 2. The molecule has 0 unspecified atom stereocenters. The Balaban J connectivity index is 1.57. The molecule has 1 saturated heterocycles. The molecule has 1 aliphatic heterocycles. The van der Waals surface area contributed by atoms with Crippen LogP contribution in [0.2, 0.25) is 5.02 Å². The van der Waals surface area contributed by atoms with Crippen LogP contribution < -0.4 is 10.6 Å². The van der Waals surface area contributed by atoms with E-state index in [0.29, 0.717) is 22.7 Å². The van der Waals surface area contributed by atoms with Crippen molar-refractivity contribution in [3.63, 3.8) is 0 Å². The van der Waals surface area contributed by atoms with Crippen molar-refractivity contribution in [2.24, 2.45) is 0 Å². The summed E-state index contributed by atoms with van der Waals surface area (Å²) >= 11 is 7.80. The Hall–Kier alpha value is -1.89. The highest BCUT2D eigenvalue weighted by Crippen LogP contribution is 2.23. The van der Waals surface area contributed by atoms with Gasteiger partial charge in [0.15, 0.2) is 0 Å². The number of hydrogen-bond donors (Lipinski definition) is 2. The van der Waals surface area contributed by atoms with Crippen molar-refractivity contribution in [2.75, 3.05) is 18.4 Å². The van der Waals surface area contributed by atoms with Crippen LogP contribution in [-0.2, 0) is 11.3 Å². The van der Waals surface area contributed by atoms with E-state index in [2.05, 4.69) is 33.0 Å². The van der Waals surface area contributed by atoms with Gasteiger partial charge < -0.3 is 10.6 Å². The summed E-state index contributed by atoms with van der Waals surface area (Å²) in [5.41, 5.74) is 0.907. The van der Waals surface area contributed by atoms with Crippen molar-refractivity contribution >= 4 is 40.4 Å². The molecule has 1 aromatic carbocycles. The van der Waals surface area contributed by atoms with Gasteiger partial charge in [-0.05, 0) is 42.5 Å². The molecule has 0 radical (unpaired) electrons. The summed E-state index contributed by atoms with van der Waals surface area (Å²) in [6.45, 7) is 4.66. The second-order valence-electron chi connectivity index (χ2n) is 6.69. The van der Waals surface area contributed by atoms with E-state index in [9.17, 15) is 9.59 Å². The van der Waals surface area contributed by atoms with E-state index < -0.39 is 0 Å². The number of anilines is 1. The fourth-order valence-electron chi connectivity index (χ4n) is 3.18. The molecule has 0 spiro atoms. The van der Waals surface area contributed by atoms with E-state index in [1.54, 1.807) is 36.5 Å². The maximum atomic E-state index is 12.7. The Morgan fingerprint density at radius 1 is 1.26 bits per heavy atom. The Bertz CT molecular complexity index is 787. The summed E-state index contributed by atoms with van der Waals surface area (Å²) < 4.78 is 0. The largest absolute Gasteiger partial charge is 0.349 e. The van der Waals surface area contributed by atoms with E-state index in [1.165, 1.54) is 4.88 Å². The van der Waals surface area contributed by atoms with Crippen LogP contribution in [0.25, 0.3) is 0 Å². The van der Waals surface area contributed by atoms with Crippen molar-refractivity contribution in [1.29, 1.82) is 0 Å². The second-order valence-corrected chi connectivity index (χ2v) is 8.16. The zero-order chi connectivity index (χ0) is 19.2. The number of rotatable bonds is 6. The van der Waals surface area contributed by atoms with Gasteiger partial charge in [0.2, 0.25) is 5.91 Å². The lowest BCUT2D eigenvalue weighted by atomic mass is 10.0. The molecule has 1 aliphatic rings. The number of halogens is 1. The van der Waals surface area contributed by atoms with Gasteiger partial charge in [-0.15, -0.1) is 11.3 Å². The second kappa shape index (κ2) is 9.35. The minimum absolute atomic E-state index is 0.141. The summed E-state index contributed by atoms with van der Waals surface area (Å²) in [7, 11) is 0. The third-order valence-corrected chi connectivity index (χ3v) is 5.80. The minimum Gasteiger partial charge on any atom is -0.349 e. The zero-order valence-corrected chi connectivity index (χ0v) is 16.9. The van der Waals surface area contributed by atoms with Crippen molar-refractivity contribution < 1.29 is 9.59 Å². The number of carbonyl (C=O) groups excluding carboxylic acids is 2.